The van der Waals surface area contributed by atoms with Gasteiger partial charge in [-0.3, -0.25) is 0 Å². The Morgan fingerprint density at radius 2 is 1.75 bits per heavy atom. The minimum Gasteiger partial charge on any atom is -0.461 e. The Hall–Kier alpha value is -0.880. The van der Waals surface area contributed by atoms with Crippen LogP contribution in [0.25, 0.3) is 0 Å². The molecule has 0 aromatic carbocycles. The molecular weight excluding hydrogens is 212 g/mol. The molecule has 2 heterocycles. The third kappa shape index (κ3) is 4.32. The fourth-order valence-corrected chi connectivity index (χ4v) is 1.38. The summed E-state index contributed by atoms with van der Waals surface area (Å²) in [7, 11) is 0. The standard InChI is InChI=1S/C6H8O3.C5H10O2/c7-3-5-1-2-6(4-8)9-5;6-4-5-2-1-3-7-5/h1-2,7-8H,3-4H2;5-6H,1-4H2. The van der Waals surface area contributed by atoms with Gasteiger partial charge in [-0.1, -0.05) is 0 Å². The highest BCUT2D eigenvalue weighted by molar-refractivity contribution is 5.04. The number of ether oxygens (including phenoxy) is 1. The zero-order chi connectivity index (χ0) is 11.8. The molecule has 1 aromatic rings. The van der Waals surface area contributed by atoms with E-state index in [1.54, 1.807) is 12.1 Å². The van der Waals surface area contributed by atoms with Gasteiger partial charge in [-0.25, -0.2) is 0 Å². The molecule has 92 valence electrons. The lowest BCUT2D eigenvalue weighted by Crippen LogP contribution is -2.09. The topological polar surface area (TPSA) is 83.1 Å². The van der Waals surface area contributed by atoms with Crippen molar-refractivity contribution in [2.75, 3.05) is 13.2 Å². The highest BCUT2D eigenvalue weighted by Crippen LogP contribution is 2.09. The van der Waals surface area contributed by atoms with Crippen molar-refractivity contribution in [3.05, 3.63) is 23.7 Å². The van der Waals surface area contributed by atoms with Gasteiger partial charge in [-0.05, 0) is 25.0 Å². The van der Waals surface area contributed by atoms with Gasteiger partial charge < -0.3 is 24.5 Å². The van der Waals surface area contributed by atoms with Crippen LogP contribution in [0, 0.1) is 0 Å². The third-order valence-electron chi connectivity index (χ3n) is 2.26. The van der Waals surface area contributed by atoms with Crippen LogP contribution in [0.1, 0.15) is 24.4 Å². The van der Waals surface area contributed by atoms with Crippen molar-refractivity contribution < 1.29 is 24.5 Å². The van der Waals surface area contributed by atoms with Gasteiger partial charge in [-0.15, -0.1) is 0 Å². The van der Waals surface area contributed by atoms with Crippen LogP contribution in [-0.4, -0.2) is 34.6 Å². The third-order valence-corrected chi connectivity index (χ3v) is 2.26. The summed E-state index contributed by atoms with van der Waals surface area (Å²) in [6.45, 7) is 0.811. The molecule has 1 fully saturated rings. The molecule has 0 radical (unpaired) electrons. The number of hydrogen-bond acceptors (Lipinski definition) is 5. The minimum atomic E-state index is -0.111. The molecule has 1 atom stereocenters. The summed E-state index contributed by atoms with van der Waals surface area (Å²) >= 11 is 0. The molecule has 5 nitrogen and oxygen atoms in total. The Labute approximate surface area is 94.3 Å². The molecule has 16 heavy (non-hydrogen) atoms. The molecule has 0 spiro atoms. The summed E-state index contributed by atoms with van der Waals surface area (Å²) in [6.07, 6.45) is 2.31. The van der Waals surface area contributed by atoms with Crippen molar-refractivity contribution in [1.29, 1.82) is 0 Å². The first-order chi connectivity index (χ1) is 7.80. The second-order valence-electron chi connectivity index (χ2n) is 3.50. The molecule has 5 heteroatoms. The van der Waals surface area contributed by atoms with E-state index in [0.29, 0.717) is 11.5 Å². The molecule has 1 unspecified atom stereocenters. The molecule has 0 aliphatic carbocycles. The number of rotatable bonds is 3. The summed E-state index contributed by atoms with van der Waals surface area (Å²) in [4.78, 5) is 0. The van der Waals surface area contributed by atoms with Gasteiger partial charge in [0.1, 0.15) is 24.7 Å². The SMILES string of the molecule is OCC1CCCO1.OCc1ccc(CO)o1. The van der Waals surface area contributed by atoms with Gasteiger partial charge >= 0.3 is 0 Å². The molecule has 0 saturated carbocycles. The van der Waals surface area contributed by atoms with Gasteiger partial charge in [0, 0.05) is 6.61 Å². The first-order valence-corrected chi connectivity index (χ1v) is 5.32. The van der Waals surface area contributed by atoms with E-state index in [9.17, 15) is 0 Å². The van der Waals surface area contributed by atoms with E-state index in [2.05, 4.69) is 0 Å². The lowest BCUT2D eigenvalue weighted by Gasteiger charge is -2.00. The lowest BCUT2D eigenvalue weighted by molar-refractivity contribution is 0.0591. The van der Waals surface area contributed by atoms with Crippen LogP contribution in [0.5, 0.6) is 0 Å². The molecule has 2 rings (SSSR count). The molecule has 0 amide bonds. The number of furan rings is 1. The van der Waals surface area contributed by atoms with Gasteiger partial charge in [0.25, 0.3) is 0 Å². The fourth-order valence-electron chi connectivity index (χ4n) is 1.38. The predicted octanol–water partition coefficient (Wildman–Crippen LogP) is 0.422. The van der Waals surface area contributed by atoms with Crippen LogP contribution < -0.4 is 0 Å². The van der Waals surface area contributed by atoms with Crippen LogP contribution in [-0.2, 0) is 18.0 Å². The van der Waals surface area contributed by atoms with E-state index >= 15 is 0 Å². The molecule has 3 N–H and O–H groups in total. The Morgan fingerprint density at radius 1 is 1.12 bits per heavy atom. The Balaban J connectivity index is 0.000000165. The highest BCUT2D eigenvalue weighted by atomic mass is 16.5. The maximum atomic E-state index is 8.47. The van der Waals surface area contributed by atoms with Gasteiger partial charge in [0.2, 0.25) is 0 Å². The van der Waals surface area contributed by atoms with Crippen LogP contribution in [0.3, 0.4) is 0 Å². The smallest absolute Gasteiger partial charge is 0.129 e. The van der Waals surface area contributed by atoms with Gasteiger partial charge in [0.05, 0.1) is 12.7 Å². The van der Waals surface area contributed by atoms with Crippen LogP contribution in [0.2, 0.25) is 0 Å². The van der Waals surface area contributed by atoms with Crippen molar-refractivity contribution >= 4 is 0 Å². The molecule has 1 saturated heterocycles. The summed E-state index contributed by atoms with van der Waals surface area (Å²) in [5.41, 5.74) is 0. The number of aliphatic hydroxyl groups excluding tert-OH is 3. The Morgan fingerprint density at radius 3 is 2.00 bits per heavy atom. The molecular formula is C11H18O5. The van der Waals surface area contributed by atoms with Gasteiger partial charge in [0.15, 0.2) is 0 Å². The van der Waals surface area contributed by atoms with Crippen molar-refractivity contribution in [3.8, 4) is 0 Å². The number of hydrogen-bond donors (Lipinski definition) is 3. The highest BCUT2D eigenvalue weighted by Gasteiger charge is 2.12. The van der Waals surface area contributed by atoms with Gasteiger partial charge in [-0.2, -0.15) is 0 Å². The maximum Gasteiger partial charge on any atom is 0.129 e. The van der Waals surface area contributed by atoms with E-state index in [4.69, 9.17) is 24.5 Å². The fraction of sp³-hybridized carbons (Fsp3) is 0.636. The van der Waals surface area contributed by atoms with E-state index in [1.165, 1.54) is 0 Å². The summed E-state index contributed by atoms with van der Waals surface area (Å²) in [5.74, 6) is 0.970. The summed E-state index contributed by atoms with van der Waals surface area (Å²) in [5, 5.41) is 25.4. The predicted molar refractivity (Wildman–Crippen MR) is 56.6 cm³/mol. The van der Waals surface area contributed by atoms with Crippen LogP contribution in [0.15, 0.2) is 16.5 Å². The average Bonchev–Trinajstić information content (AvgIpc) is 3.00. The summed E-state index contributed by atoms with van der Waals surface area (Å²) < 4.78 is 9.93. The van der Waals surface area contributed by atoms with Crippen LogP contribution in [0.4, 0.5) is 0 Å². The molecule has 1 aliphatic heterocycles. The Kier molecular flexibility index (Phi) is 6.10. The normalized spacial score (nSPS) is 19.3. The Bertz CT molecular complexity index is 259. The largest absolute Gasteiger partial charge is 0.461 e. The summed E-state index contributed by atoms with van der Waals surface area (Å²) in [6, 6.07) is 3.26. The second-order valence-corrected chi connectivity index (χ2v) is 3.50. The van der Waals surface area contributed by atoms with E-state index < -0.39 is 0 Å². The molecule has 1 aromatic heterocycles. The van der Waals surface area contributed by atoms with Crippen molar-refractivity contribution in [3.63, 3.8) is 0 Å². The molecule has 1 aliphatic rings. The van der Waals surface area contributed by atoms with Crippen molar-refractivity contribution in [2.24, 2.45) is 0 Å². The van der Waals surface area contributed by atoms with Crippen molar-refractivity contribution in [1.82, 2.24) is 0 Å². The number of aliphatic hydroxyl groups is 3. The maximum absolute atomic E-state index is 8.47. The molecule has 0 bridgehead atoms. The first kappa shape index (κ1) is 13.2. The average molecular weight is 230 g/mol. The lowest BCUT2D eigenvalue weighted by atomic mass is 10.2. The van der Waals surface area contributed by atoms with E-state index in [0.717, 1.165) is 19.4 Å². The monoisotopic (exact) mass is 230 g/mol. The first-order valence-electron chi connectivity index (χ1n) is 5.32. The zero-order valence-electron chi connectivity index (χ0n) is 9.13. The van der Waals surface area contributed by atoms with Crippen molar-refractivity contribution in [2.45, 2.75) is 32.2 Å². The zero-order valence-corrected chi connectivity index (χ0v) is 9.13. The quantitative estimate of drug-likeness (QED) is 0.701. The van der Waals surface area contributed by atoms with E-state index in [1.807, 2.05) is 0 Å². The second kappa shape index (κ2) is 7.40. The van der Waals surface area contributed by atoms with E-state index in [-0.39, 0.29) is 25.9 Å². The minimum absolute atomic E-state index is 0.111. The van der Waals surface area contributed by atoms with Crippen LogP contribution >= 0.6 is 0 Å².